The summed E-state index contributed by atoms with van der Waals surface area (Å²) in [5.41, 5.74) is 1.36. The molecule has 0 N–H and O–H groups in total. The Bertz CT molecular complexity index is 253. The lowest BCUT2D eigenvalue weighted by Gasteiger charge is -2.25. The molecule has 0 aliphatic heterocycles. The highest BCUT2D eigenvalue weighted by Gasteiger charge is 2.05. The van der Waals surface area contributed by atoms with Crippen LogP contribution in [-0.4, -0.2) is 13.1 Å². The Morgan fingerprint density at radius 1 is 1.07 bits per heavy atom. The van der Waals surface area contributed by atoms with E-state index in [2.05, 4.69) is 56.0 Å². The first-order chi connectivity index (χ1) is 7.24. The number of rotatable bonds is 6. The van der Waals surface area contributed by atoms with Gasteiger partial charge in [0.1, 0.15) is 0 Å². The van der Waals surface area contributed by atoms with Gasteiger partial charge in [-0.1, -0.05) is 39.0 Å². The average Bonchev–Trinajstić information content (AvgIpc) is 2.25. The second-order valence-electron chi connectivity index (χ2n) is 4.51. The Labute approximate surface area is 94.1 Å². The molecule has 0 atom stereocenters. The van der Waals surface area contributed by atoms with Gasteiger partial charge >= 0.3 is 0 Å². The third-order valence-electron chi connectivity index (χ3n) is 2.59. The molecule has 1 aromatic carbocycles. The maximum absolute atomic E-state index is 2.49. The second-order valence-corrected chi connectivity index (χ2v) is 4.51. The molecule has 0 radical (unpaired) electrons. The minimum atomic E-state index is 0.785. The molecule has 0 amide bonds. The molecule has 0 fully saturated rings. The number of anilines is 1. The molecular formula is C14H23N. The normalized spacial score (nSPS) is 10.7. The first kappa shape index (κ1) is 12.1. The zero-order valence-electron chi connectivity index (χ0n) is 10.2. The predicted molar refractivity (Wildman–Crippen MR) is 68.4 cm³/mol. The third kappa shape index (κ3) is 4.37. The fourth-order valence-corrected chi connectivity index (χ4v) is 1.69. The molecule has 15 heavy (non-hydrogen) atoms. The molecule has 84 valence electrons. The quantitative estimate of drug-likeness (QED) is 0.679. The van der Waals surface area contributed by atoms with E-state index in [-0.39, 0.29) is 0 Å². The smallest absolute Gasteiger partial charge is 0.0366 e. The van der Waals surface area contributed by atoms with E-state index in [0.717, 1.165) is 12.5 Å². The zero-order valence-corrected chi connectivity index (χ0v) is 10.2. The Balaban J connectivity index is 2.57. The van der Waals surface area contributed by atoms with Crippen LogP contribution in [0.3, 0.4) is 0 Å². The van der Waals surface area contributed by atoms with Crippen LogP contribution in [0.5, 0.6) is 0 Å². The lowest BCUT2D eigenvalue weighted by Crippen LogP contribution is -2.26. The molecule has 0 unspecified atom stereocenters. The zero-order chi connectivity index (χ0) is 11.1. The van der Waals surface area contributed by atoms with E-state index in [0.29, 0.717) is 0 Å². The van der Waals surface area contributed by atoms with Crippen molar-refractivity contribution in [2.45, 2.75) is 33.6 Å². The topological polar surface area (TPSA) is 3.24 Å². The molecule has 0 aromatic heterocycles. The van der Waals surface area contributed by atoms with Gasteiger partial charge in [0.2, 0.25) is 0 Å². The van der Waals surface area contributed by atoms with Gasteiger partial charge in [0.25, 0.3) is 0 Å². The highest BCUT2D eigenvalue weighted by molar-refractivity contribution is 5.45. The largest absolute Gasteiger partial charge is 0.372 e. The van der Waals surface area contributed by atoms with E-state index in [1.165, 1.54) is 25.1 Å². The van der Waals surface area contributed by atoms with Gasteiger partial charge in [-0.2, -0.15) is 0 Å². The van der Waals surface area contributed by atoms with Crippen LogP contribution in [0, 0.1) is 5.92 Å². The van der Waals surface area contributed by atoms with Crippen molar-refractivity contribution in [1.82, 2.24) is 0 Å². The van der Waals surface area contributed by atoms with Gasteiger partial charge in [-0.15, -0.1) is 0 Å². The molecule has 0 heterocycles. The van der Waals surface area contributed by atoms with Crippen LogP contribution >= 0.6 is 0 Å². The van der Waals surface area contributed by atoms with Crippen LogP contribution in [0.1, 0.15) is 33.6 Å². The summed E-state index contributed by atoms with van der Waals surface area (Å²) in [4.78, 5) is 2.49. The predicted octanol–water partition coefficient (Wildman–Crippen LogP) is 3.95. The lowest BCUT2D eigenvalue weighted by molar-refractivity contribution is 0.570. The summed E-state index contributed by atoms with van der Waals surface area (Å²) in [6, 6.07) is 10.7. The van der Waals surface area contributed by atoms with E-state index in [9.17, 15) is 0 Å². The number of nitrogens with zero attached hydrogens (tertiary/aromatic N) is 1. The van der Waals surface area contributed by atoms with Crippen LogP contribution in [0.15, 0.2) is 30.3 Å². The summed E-state index contributed by atoms with van der Waals surface area (Å²) < 4.78 is 0. The molecule has 1 nitrogen and oxygen atoms in total. The van der Waals surface area contributed by atoms with Crippen molar-refractivity contribution in [1.29, 1.82) is 0 Å². The van der Waals surface area contributed by atoms with Crippen molar-refractivity contribution < 1.29 is 0 Å². The van der Waals surface area contributed by atoms with Gasteiger partial charge in [-0.05, 0) is 30.9 Å². The second kappa shape index (κ2) is 6.49. The fourth-order valence-electron chi connectivity index (χ4n) is 1.69. The van der Waals surface area contributed by atoms with Crippen molar-refractivity contribution in [2.24, 2.45) is 5.92 Å². The molecule has 1 rings (SSSR count). The highest BCUT2D eigenvalue weighted by atomic mass is 15.1. The van der Waals surface area contributed by atoms with Gasteiger partial charge in [-0.3, -0.25) is 0 Å². The summed E-state index contributed by atoms with van der Waals surface area (Å²) in [6.45, 7) is 9.15. The Morgan fingerprint density at radius 3 is 2.27 bits per heavy atom. The van der Waals surface area contributed by atoms with Gasteiger partial charge < -0.3 is 4.90 Å². The monoisotopic (exact) mass is 205 g/mol. The minimum absolute atomic E-state index is 0.785. The van der Waals surface area contributed by atoms with Gasteiger partial charge in [-0.25, -0.2) is 0 Å². The van der Waals surface area contributed by atoms with Crippen molar-refractivity contribution in [3.8, 4) is 0 Å². The van der Waals surface area contributed by atoms with E-state index < -0.39 is 0 Å². The van der Waals surface area contributed by atoms with Crippen LogP contribution in [0.4, 0.5) is 5.69 Å². The number of hydrogen-bond donors (Lipinski definition) is 0. The van der Waals surface area contributed by atoms with Gasteiger partial charge in [0, 0.05) is 18.8 Å². The number of benzene rings is 1. The van der Waals surface area contributed by atoms with Crippen LogP contribution in [0.2, 0.25) is 0 Å². The fraction of sp³-hybridized carbons (Fsp3) is 0.571. The van der Waals surface area contributed by atoms with Crippen molar-refractivity contribution in [3.63, 3.8) is 0 Å². The Hall–Kier alpha value is -0.980. The first-order valence-corrected chi connectivity index (χ1v) is 6.04. The molecule has 0 aliphatic rings. The van der Waals surface area contributed by atoms with Crippen LogP contribution < -0.4 is 4.90 Å². The van der Waals surface area contributed by atoms with Gasteiger partial charge in [0.05, 0.1) is 0 Å². The Kier molecular flexibility index (Phi) is 5.23. The average molecular weight is 205 g/mol. The lowest BCUT2D eigenvalue weighted by atomic mass is 10.1. The van der Waals surface area contributed by atoms with Crippen molar-refractivity contribution >= 4 is 5.69 Å². The summed E-state index contributed by atoms with van der Waals surface area (Å²) in [5, 5.41) is 0. The molecule has 0 bridgehead atoms. The van der Waals surface area contributed by atoms with Crippen molar-refractivity contribution in [3.05, 3.63) is 30.3 Å². The van der Waals surface area contributed by atoms with E-state index >= 15 is 0 Å². The maximum Gasteiger partial charge on any atom is 0.0366 e. The summed E-state index contributed by atoms with van der Waals surface area (Å²) in [5.74, 6) is 0.785. The van der Waals surface area contributed by atoms with E-state index in [1.54, 1.807) is 0 Å². The molecular weight excluding hydrogens is 182 g/mol. The van der Waals surface area contributed by atoms with Crippen LogP contribution in [0.25, 0.3) is 0 Å². The number of para-hydroxylation sites is 1. The summed E-state index contributed by atoms with van der Waals surface area (Å²) in [7, 11) is 0. The molecule has 0 saturated heterocycles. The number of hydrogen-bond acceptors (Lipinski definition) is 1. The maximum atomic E-state index is 2.49. The summed E-state index contributed by atoms with van der Waals surface area (Å²) in [6.07, 6.45) is 2.49. The highest BCUT2D eigenvalue weighted by Crippen LogP contribution is 2.15. The van der Waals surface area contributed by atoms with Gasteiger partial charge in [0.15, 0.2) is 0 Å². The third-order valence-corrected chi connectivity index (χ3v) is 2.59. The van der Waals surface area contributed by atoms with Crippen LogP contribution in [-0.2, 0) is 0 Å². The molecule has 1 heteroatoms. The molecule has 0 saturated carbocycles. The summed E-state index contributed by atoms with van der Waals surface area (Å²) >= 11 is 0. The Morgan fingerprint density at radius 2 is 1.73 bits per heavy atom. The molecule has 0 spiro atoms. The minimum Gasteiger partial charge on any atom is -0.372 e. The standard InChI is InChI=1S/C14H23N/c1-4-11-15(12-10-13(2)3)14-8-6-5-7-9-14/h5-9,13H,4,10-12H2,1-3H3. The van der Waals surface area contributed by atoms with E-state index in [1.807, 2.05) is 0 Å². The van der Waals surface area contributed by atoms with E-state index in [4.69, 9.17) is 0 Å². The molecule has 0 aliphatic carbocycles. The SMILES string of the molecule is CCCN(CCC(C)C)c1ccccc1. The van der Waals surface area contributed by atoms with Crippen molar-refractivity contribution in [2.75, 3.05) is 18.0 Å². The first-order valence-electron chi connectivity index (χ1n) is 6.04. The molecule has 1 aromatic rings.